The van der Waals surface area contributed by atoms with Gasteiger partial charge in [0, 0.05) is 22.9 Å². The lowest BCUT2D eigenvalue weighted by atomic mass is 10.2. The summed E-state index contributed by atoms with van der Waals surface area (Å²) in [7, 11) is 1.68. The van der Waals surface area contributed by atoms with Gasteiger partial charge in [-0.25, -0.2) is 4.98 Å². The third-order valence-electron chi connectivity index (χ3n) is 3.76. The minimum absolute atomic E-state index is 0.103. The van der Waals surface area contributed by atoms with Crippen LogP contribution < -0.4 is 5.56 Å². The molecule has 0 aromatic carbocycles. The van der Waals surface area contributed by atoms with Crippen LogP contribution in [0.4, 0.5) is 5.88 Å². The van der Waals surface area contributed by atoms with E-state index in [1.807, 2.05) is 22.9 Å². The Balaban J connectivity index is 1.65. The summed E-state index contributed by atoms with van der Waals surface area (Å²) in [6.45, 7) is 0. The number of fused-ring (bicyclic) bond motifs is 1. The molecule has 4 heterocycles. The second kappa shape index (κ2) is 7.14. The SMILES string of the molecule is Cn1c(S/C=C/c2ccc([N+](=O)[O-])o2)nc2scc(-c3cccs3)c2c1=O. The Bertz CT molecular complexity index is 1220. The Morgan fingerprint density at radius 1 is 1.33 bits per heavy atom. The van der Waals surface area contributed by atoms with Crippen molar-refractivity contribution in [3.05, 3.63) is 66.7 Å². The number of furan rings is 1. The molecule has 0 atom stereocenters. The molecule has 0 fully saturated rings. The fourth-order valence-corrected chi connectivity index (χ4v) is 4.98. The van der Waals surface area contributed by atoms with Crippen LogP contribution in [-0.2, 0) is 7.05 Å². The standard InChI is InChI=1S/C17H11N3O4S3/c1-19-16(21)14-11(12-3-2-7-25-12)9-27-15(14)18-17(19)26-8-6-10-4-5-13(24-10)20(22)23/h2-9H,1H3/b8-6+. The maximum absolute atomic E-state index is 12.8. The molecule has 4 aromatic heterocycles. The summed E-state index contributed by atoms with van der Waals surface area (Å²) in [5.41, 5.74) is 0.808. The fraction of sp³-hybridized carbons (Fsp3) is 0.0588. The smallest absolute Gasteiger partial charge is 0.401 e. The lowest BCUT2D eigenvalue weighted by molar-refractivity contribution is -0.402. The molecular formula is C17H11N3O4S3. The molecule has 0 amide bonds. The largest absolute Gasteiger partial charge is 0.433 e. The predicted molar refractivity (Wildman–Crippen MR) is 108 cm³/mol. The first-order chi connectivity index (χ1) is 13.0. The number of thiophene rings is 2. The molecule has 7 nitrogen and oxygen atoms in total. The van der Waals surface area contributed by atoms with Crippen molar-refractivity contribution in [3.63, 3.8) is 0 Å². The molecule has 0 saturated heterocycles. The second-order valence-electron chi connectivity index (χ2n) is 5.42. The molecule has 0 unspecified atom stereocenters. The Labute approximate surface area is 164 Å². The summed E-state index contributed by atoms with van der Waals surface area (Å²) in [6, 6.07) is 6.74. The average molecular weight is 417 g/mol. The van der Waals surface area contributed by atoms with Crippen LogP contribution in [0, 0.1) is 10.1 Å². The maximum Gasteiger partial charge on any atom is 0.433 e. The minimum Gasteiger partial charge on any atom is -0.401 e. The Morgan fingerprint density at radius 3 is 2.89 bits per heavy atom. The van der Waals surface area contributed by atoms with E-state index in [9.17, 15) is 14.9 Å². The monoisotopic (exact) mass is 417 g/mol. The first-order valence-corrected chi connectivity index (χ1v) is 10.3. The van der Waals surface area contributed by atoms with E-state index in [4.69, 9.17) is 4.42 Å². The average Bonchev–Trinajstić information content (AvgIpc) is 3.38. The van der Waals surface area contributed by atoms with Crippen LogP contribution in [0.15, 0.2) is 54.8 Å². The molecule has 4 aromatic rings. The highest BCUT2D eigenvalue weighted by Gasteiger charge is 2.16. The van der Waals surface area contributed by atoms with Gasteiger partial charge in [-0.05, 0) is 29.0 Å². The molecular weight excluding hydrogens is 406 g/mol. The van der Waals surface area contributed by atoms with E-state index in [1.165, 1.54) is 39.8 Å². The van der Waals surface area contributed by atoms with Gasteiger partial charge in [-0.15, -0.1) is 22.7 Å². The third kappa shape index (κ3) is 3.34. The van der Waals surface area contributed by atoms with E-state index < -0.39 is 4.92 Å². The Morgan fingerprint density at radius 2 is 2.19 bits per heavy atom. The summed E-state index contributed by atoms with van der Waals surface area (Å²) in [5.74, 6) is 0.0441. The fourth-order valence-electron chi connectivity index (χ4n) is 2.46. The van der Waals surface area contributed by atoms with Gasteiger partial charge in [-0.3, -0.25) is 19.5 Å². The number of hydrogen-bond acceptors (Lipinski definition) is 8. The number of hydrogen-bond donors (Lipinski definition) is 0. The van der Waals surface area contributed by atoms with Crippen LogP contribution >= 0.6 is 34.4 Å². The van der Waals surface area contributed by atoms with Crippen molar-refractivity contribution < 1.29 is 9.34 Å². The molecule has 27 heavy (non-hydrogen) atoms. The lowest BCUT2D eigenvalue weighted by Gasteiger charge is -2.05. The van der Waals surface area contributed by atoms with E-state index in [1.54, 1.807) is 29.9 Å². The predicted octanol–water partition coefficient (Wildman–Crippen LogP) is 4.99. The zero-order valence-electron chi connectivity index (χ0n) is 13.8. The van der Waals surface area contributed by atoms with Crippen molar-refractivity contribution in [1.82, 2.24) is 9.55 Å². The van der Waals surface area contributed by atoms with Gasteiger partial charge in [0.25, 0.3) is 5.56 Å². The highest BCUT2D eigenvalue weighted by atomic mass is 32.2. The summed E-state index contributed by atoms with van der Waals surface area (Å²) < 4.78 is 6.57. The van der Waals surface area contributed by atoms with Gasteiger partial charge < -0.3 is 4.42 Å². The quantitative estimate of drug-likeness (QED) is 0.197. The number of aromatic nitrogens is 2. The molecule has 0 aliphatic heterocycles. The molecule has 0 spiro atoms. The zero-order valence-corrected chi connectivity index (χ0v) is 16.3. The van der Waals surface area contributed by atoms with Crippen molar-refractivity contribution >= 4 is 56.6 Å². The number of thioether (sulfide) groups is 1. The van der Waals surface area contributed by atoms with Gasteiger partial charge in [0.05, 0.1) is 11.5 Å². The molecule has 136 valence electrons. The van der Waals surface area contributed by atoms with Crippen LogP contribution in [0.2, 0.25) is 0 Å². The van der Waals surface area contributed by atoms with Crippen molar-refractivity contribution in [2.45, 2.75) is 5.16 Å². The van der Waals surface area contributed by atoms with E-state index >= 15 is 0 Å². The van der Waals surface area contributed by atoms with Crippen LogP contribution in [0.1, 0.15) is 5.76 Å². The van der Waals surface area contributed by atoms with Crippen molar-refractivity contribution in [1.29, 1.82) is 0 Å². The van der Waals surface area contributed by atoms with Gasteiger partial charge in [-0.1, -0.05) is 17.8 Å². The molecule has 0 saturated carbocycles. The highest BCUT2D eigenvalue weighted by molar-refractivity contribution is 8.02. The molecule has 0 radical (unpaired) electrons. The van der Waals surface area contributed by atoms with E-state index in [-0.39, 0.29) is 11.4 Å². The Hall–Kier alpha value is -2.69. The summed E-state index contributed by atoms with van der Waals surface area (Å²) in [5, 5.41) is 17.4. The van der Waals surface area contributed by atoms with Crippen molar-refractivity contribution in [2.24, 2.45) is 7.05 Å². The van der Waals surface area contributed by atoms with Crippen molar-refractivity contribution in [3.8, 4) is 10.4 Å². The van der Waals surface area contributed by atoms with Crippen molar-refractivity contribution in [2.75, 3.05) is 0 Å². The normalized spacial score (nSPS) is 11.6. The number of nitrogens with zero attached hydrogens (tertiary/aromatic N) is 3. The molecule has 0 bridgehead atoms. The van der Waals surface area contributed by atoms with E-state index in [0.29, 0.717) is 21.1 Å². The van der Waals surface area contributed by atoms with E-state index in [2.05, 4.69) is 4.98 Å². The highest BCUT2D eigenvalue weighted by Crippen LogP contribution is 2.34. The molecule has 0 aliphatic carbocycles. The minimum atomic E-state index is -0.592. The van der Waals surface area contributed by atoms with Crippen LogP contribution in [0.5, 0.6) is 0 Å². The maximum atomic E-state index is 12.8. The Kier molecular flexibility index (Phi) is 4.68. The van der Waals surface area contributed by atoms with Crippen LogP contribution in [0.3, 0.4) is 0 Å². The second-order valence-corrected chi connectivity index (χ2v) is 8.10. The van der Waals surface area contributed by atoms with Gasteiger partial charge in [-0.2, -0.15) is 0 Å². The van der Waals surface area contributed by atoms with Gasteiger partial charge >= 0.3 is 5.88 Å². The molecule has 0 aliphatic rings. The zero-order chi connectivity index (χ0) is 19.0. The molecule has 4 rings (SSSR count). The molecule has 10 heteroatoms. The van der Waals surface area contributed by atoms with Gasteiger partial charge in [0.1, 0.15) is 15.5 Å². The summed E-state index contributed by atoms with van der Waals surface area (Å²) in [6.07, 6.45) is 1.60. The van der Waals surface area contributed by atoms with Gasteiger partial charge in [0.15, 0.2) is 5.16 Å². The summed E-state index contributed by atoms with van der Waals surface area (Å²) in [4.78, 5) is 29.2. The first kappa shape index (κ1) is 17.7. The van der Waals surface area contributed by atoms with E-state index in [0.717, 1.165) is 10.4 Å². The summed E-state index contributed by atoms with van der Waals surface area (Å²) >= 11 is 4.27. The topological polar surface area (TPSA) is 91.2 Å². The lowest BCUT2D eigenvalue weighted by Crippen LogP contribution is -2.19. The number of nitro groups is 1. The van der Waals surface area contributed by atoms with Gasteiger partial charge in [0.2, 0.25) is 0 Å². The van der Waals surface area contributed by atoms with Crippen LogP contribution in [0.25, 0.3) is 26.7 Å². The first-order valence-electron chi connectivity index (χ1n) is 7.64. The third-order valence-corrected chi connectivity index (χ3v) is 6.38. The number of rotatable bonds is 5. The van der Waals surface area contributed by atoms with Crippen LogP contribution in [-0.4, -0.2) is 14.5 Å². The molecule has 0 N–H and O–H groups in total.